The van der Waals surface area contributed by atoms with E-state index in [9.17, 15) is 69.5 Å². The largest absolute Gasteiger partial charge is 0.417 e. The average molecular weight is 1460 g/mol. The Labute approximate surface area is 598 Å². The number of halogens is 7. The molecule has 3 aliphatic heterocycles. The summed E-state index contributed by atoms with van der Waals surface area (Å²) in [7, 11) is 9.10. The SMILES string of the molecule is CC[C@H](C)[C@@H]1NC(=O)[C@H](CC(C)C)N(C)C(=O)C[C@@H](C(=O)N2CCCCC2)N(C)C(=O)[C@H](C(C)C)N(C)C(=O)C2(CCCC2)NC(=O)C2CCCN2C(=O)[C@H](CCc2ccc(C(F)(F)F)c(Cl)c2)NC(=O)CN(C)C(=O)[C@H](Cc2ccc(C(F)(F)F)cc2)N(C)C(=O)CN(C)C(=O)CN(C)C1=O. The first-order valence-electron chi connectivity index (χ1n) is 35.0. The van der Waals surface area contributed by atoms with Crippen molar-refractivity contribution in [2.24, 2.45) is 17.8 Å². The average Bonchev–Trinajstić information content (AvgIpc) is 1.59. The van der Waals surface area contributed by atoms with Gasteiger partial charge in [0.05, 0.1) is 42.2 Å². The Bertz CT molecular complexity index is 3380. The lowest BCUT2D eigenvalue weighted by atomic mass is 9.91. The van der Waals surface area contributed by atoms with E-state index in [0.29, 0.717) is 45.2 Å². The highest BCUT2D eigenvalue weighted by molar-refractivity contribution is 6.31. The highest BCUT2D eigenvalue weighted by atomic mass is 35.5. The van der Waals surface area contributed by atoms with Crippen LogP contribution in [0.1, 0.15) is 147 Å². The second kappa shape index (κ2) is 35.4. The van der Waals surface area contributed by atoms with Gasteiger partial charge < -0.3 is 60.0 Å². The zero-order chi connectivity index (χ0) is 76.2. The van der Waals surface area contributed by atoms with Gasteiger partial charge in [0.2, 0.25) is 70.9 Å². The van der Waals surface area contributed by atoms with Gasteiger partial charge in [0.25, 0.3) is 0 Å². The molecule has 3 saturated heterocycles. The number of hydrogen-bond acceptors (Lipinski definition) is 12. The molecule has 12 amide bonds. The highest BCUT2D eigenvalue weighted by Crippen LogP contribution is 2.37. The summed E-state index contributed by atoms with van der Waals surface area (Å²) in [5.41, 5.74) is -3.43. The van der Waals surface area contributed by atoms with Gasteiger partial charge >= 0.3 is 12.4 Å². The highest BCUT2D eigenvalue weighted by Gasteiger charge is 2.51. The molecule has 1 saturated carbocycles. The van der Waals surface area contributed by atoms with Gasteiger partial charge in [-0.2, -0.15) is 26.3 Å². The third-order valence-corrected chi connectivity index (χ3v) is 20.6. The van der Waals surface area contributed by atoms with Gasteiger partial charge in [-0.15, -0.1) is 0 Å². The van der Waals surface area contributed by atoms with Crippen LogP contribution >= 0.6 is 11.6 Å². The molecule has 31 heteroatoms. The molecule has 6 rings (SSSR count). The molecule has 8 atom stereocenters. The van der Waals surface area contributed by atoms with Crippen LogP contribution in [0.15, 0.2) is 42.5 Å². The molecule has 0 bridgehead atoms. The fraction of sp³-hybridized carbons (Fsp3) is 0.662. The first-order chi connectivity index (χ1) is 47.6. The van der Waals surface area contributed by atoms with Crippen LogP contribution in [0.25, 0.3) is 0 Å². The van der Waals surface area contributed by atoms with Crippen molar-refractivity contribution in [3.05, 3.63) is 69.7 Å². The molecule has 2 aromatic carbocycles. The topological polar surface area (TPSA) is 270 Å². The number of benzene rings is 2. The second-order valence-corrected chi connectivity index (χ2v) is 29.1. The first kappa shape index (κ1) is 82.9. The molecule has 0 aromatic heterocycles. The van der Waals surface area contributed by atoms with E-state index in [0.717, 1.165) is 73.4 Å². The minimum Gasteiger partial charge on any atom is -0.343 e. The minimum atomic E-state index is -4.81. The number of rotatable bonds is 11. The Morgan fingerprint density at radius 1 is 0.608 bits per heavy atom. The molecule has 1 aliphatic carbocycles. The summed E-state index contributed by atoms with van der Waals surface area (Å²) in [6.45, 7) is 8.91. The van der Waals surface area contributed by atoms with Crippen molar-refractivity contribution in [1.82, 2.24) is 60.0 Å². The van der Waals surface area contributed by atoms with Crippen molar-refractivity contribution >= 4 is 82.5 Å². The number of likely N-dealkylation sites (tertiary alicyclic amines) is 1. The first-order valence-corrected chi connectivity index (χ1v) is 35.3. The molecular weight excluding hydrogens is 1360 g/mol. The van der Waals surface area contributed by atoms with Crippen molar-refractivity contribution < 1.29 is 83.9 Å². The van der Waals surface area contributed by atoms with Crippen LogP contribution in [0, 0.1) is 17.8 Å². The third-order valence-electron chi connectivity index (χ3n) is 20.3. The number of aryl methyl sites for hydroxylation is 1. The predicted molar refractivity (Wildman–Crippen MR) is 366 cm³/mol. The minimum absolute atomic E-state index is 0.0492. The number of hydrogen-bond donors (Lipinski definition) is 3. The number of fused-ring (bicyclic) bond motifs is 1. The number of carbonyl (C=O) groups is 12. The maximum absolute atomic E-state index is 15.4. The number of nitrogens with zero attached hydrogens (tertiary/aromatic N) is 9. The number of amides is 12. The molecule has 0 radical (unpaired) electrons. The smallest absolute Gasteiger partial charge is 0.343 e. The van der Waals surface area contributed by atoms with Gasteiger partial charge in [-0.05, 0) is 117 Å². The summed E-state index contributed by atoms with van der Waals surface area (Å²) < 4.78 is 82.9. The van der Waals surface area contributed by atoms with Gasteiger partial charge in [0.15, 0.2) is 0 Å². The van der Waals surface area contributed by atoms with Gasteiger partial charge in [-0.25, -0.2) is 0 Å². The fourth-order valence-electron chi connectivity index (χ4n) is 13.9. The summed E-state index contributed by atoms with van der Waals surface area (Å²) in [6.07, 6.45) is -7.10. The van der Waals surface area contributed by atoms with E-state index in [1.54, 1.807) is 32.6 Å². The number of likely N-dealkylation sites (N-methyl/N-ethyl adjacent to an activating group) is 7. The van der Waals surface area contributed by atoms with Crippen LogP contribution in [-0.4, -0.2) is 251 Å². The summed E-state index contributed by atoms with van der Waals surface area (Å²) >= 11 is 6.11. The molecule has 4 aliphatic rings. The van der Waals surface area contributed by atoms with E-state index < -0.39 is 192 Å². The molecule has 1 unspecified atom stereocenters. The van der Waals surface area contributed by atoms with Gasteiger partial charge in [-0.1, -0.05) is 90.6 Å². The molecular formula is C71H101ClF6N12O12. The maximum Gasteiger partial charge on any atom is 0.417 e. The van der Waals surface area contributed by atoms with E-state index in [-0.39, 0.29) is 68.5 Å². The molecule has 3 N–H and O–H groups in total. The third kappa shape index (κ3) is 20.6. The summed E-state index contributed by atoms with van der Waals surface area (Å²) in [4.78, 5) is 188. The van der Waals surface area contributed by atoms with Crippen LogP contribution in [0.4, 0.5) is 26.3 Å². The number of carbonyl (C=O) groups excluding carboxylic acids is 12. The van der Waals surface area contributed by atoms with Gasteiger partial charge in [0, 0.05) is 75.4 Å². The summed E-state index contributed by atoms with van der Waals surface area (Å²) in [5.74, 6) is -10.7. The standard InChI is InChI=1S/C71H101ClF6N12O12/c1-14-44(6)59-66(100)84(9)40-57(93)82(7)41-58(94)86(11)53(37-46-22-26-47(27-23-46)70(73,74)75)64(98)83(8)39-55(91)79-50(29-25-45-24-28-48(49(72)36-45)71(76,77)78)63(97)90-34-20-21-51(90)62(96)81-69(30-16-17-31-69)68(102)88(13)60(43(4)5)67(101)87(12)54(65(99)89-32-18-15-19-33-89)38-56(92)85(10)52(35-42(2)3)61(95)80-59/h22-24,26-28,36,42-44,50-54,59-60H,14-21,25,29-35,37-41H2,1-13H3,(H,79,91)(H,80,95)(H,81,96)/t44-,50-,51?,52-,53-,54-,59-,60-/m0/s1. The molecule has 24 nitrogen and oxygen atoms in total. The Balaban J connectivity index is 1.44. The van der Waals surface area contributed by atoms with E-state index in [4.69, 9.17) is 11.6 Å². The van der Waals surface area contributed by atoms with E-state index >= 15 is 14.4 Å². The molecule has 102 heavy (non-hydrogen) atoms. The van der Waals surface area contributed by atoms with Gasteiger partial charge in [-0.3, -0.25) is 57.5 Å². The molecule has 566 valence electrons. The molecule has 2 aromatic rings. The Morgan fingerprint density at radius 3 is 1.76 bits per heavy atom. The van der Waals surface area contributed by atoms with E-state index in [1.807, 2.05) is 13.8 Å². The van der Waals surface area contributed by atoms with E-state index in [2.05, 4.69) is 16.0 Å². The second-order valence-electron chi connectivity index (χ2n) is 28.7. The zero-order valence-electron chi connectivity index (χ0n) is 60.7. The van der Waals surface area contributed by atoms with Crippen molar-refractivity contribution in [3.63, 3.8) is 0 Å². The number of piperidine rings is 1. The van der Waals surface area contributed by atoms with Crippen molar-refractivity contribution in [1.29, 1.82) is 0 Å². The van der Waals surface area contributed by atoms with Crippen LogP contribution in [0.3, 0.4) is 0 Å². The van der Waals surface area contributed by atoms with E-state index in [1.165, 1.54) is 64.0 Å². The monoisotopic (exact) mass is 1460 g/mol. The number of alkyl halides is 6. The number of nitrogens with one attached hydrogen (secondary N) is 3. The fourth-order valence-corrected chi connectivity index (χ4v) is 14.2. The Hall–Kier alpha value is -8.05. The normalized spacial score (nSPS) is 24.7. The zero-order valence-corrected chi connectivity index (χ0v) is 61.5. The van der Waals surface area contributed by atoms with Crippen molar-refractivity contribution in [2.45, 2.75) is 198 Å². The van der Waals surface area contributed by atoms with Crippen LogP contribution in [0.5, 0.6) is 0 Å². The summed E-state index contributed by atoms with van der Waals surface area (Å²) in [5, 5.41) is 7.80. The molecule has 4 fully saturated rings. The lowest BCUT2D eigenvalue weighted by Crippen LogP contribution is -2.65. The van der Waals surface area contributed by atoms with Crippen molar-refractivity contribution in [3.8, 4) is 0 Å². The van der Waals surface area contributed by atoms with Crippen LogP contribution in [-0.2, 0) is 82.7 Å². The lowest BCUT2D eigenvalue weighted by molar-refractivity contribution is -0.156. The quantitative estimate of drug-likeness (QED) is 0.226. The maximum atomic E-state index is 15.4. The Morgan fingerprint density at radius 2 is 1.20 bits per heavy atom. The Kier molecular flexibility index (Phi) is 28.8. The van der Waals surface area contributed by atoms with Gasteiger partial charge in [0.1, 0.15) is 47.8 Å². The lowest BCUT2D eigenvalue weighted by Gasteiger charge is -2.42. The van der Waals surface area contributed by atoms with Crippen LogP contribution in [0.2, 0.25) is 5.02 Å². The van der Waals surface area contributed by atoms with Crippen LogP contribution < -0.4 is 16.0 Å². The molecule has 3 heterocycles. The predicted octanol–water partition coefficient (Wildman–Crippen LogP) is 5.79. The summed E-state index contributed by atoms with van der Waals surface area (Å²) in [6, 6.07) is -2.99. The van der Waals surface area contributed by atoms with Crippen molar-refractivity contribution in [2.75, 3.05) is 88.6 Å². The molecule has 1 spiro atoms.